The maximum absolute atomic E-state index is 12.2. The Bertz CT molecular complexity index is 655. The van der Waals surface area contributed by atoms with Gasteiger partial charge in [-0.05, 0) is 35.4 Å². The molecule has 0 atom stereocenters. The molecule has 1 aromatic carbocycles. The van der Waals surface area contributed by atoms with Crippen LogP contribution in [-0.2, 0) is 10.0 Å². The van der Waals surface area contributed by atoms with Crippen LogP contribution in [0.1, 0.15) is 0 Å². The molecule has 0 fully saturated rings. The molecule has 1 heterocycles. The van der Waals surface area contributed by atoms with Crippen LogP contribution in [0.15, 0.2) is 53.7 Å². The lowest BCUT2D eigenvalue weighted by molar-refractivity contribution is 0.266. The van der Waals surface area contributed by atoms with Gasteiger partial charge in [0.15, 0.2) is 0 Å². The summed E-state index contributed by atoms with van der Waals surface area (Å²) in [5.41, 5.74) is 1.91. The van der Waals surface area contributed by atoms with Gasteiger partial charge >= 0.3 is 0 Å². The number of aliphatic hydroxyl groups is 1. The number of hydrogen-bond acceptors (Lipinski definition) is 4. The van der Waals surface area contributed by atoms with Gasteiger partial charge in [-0.2, -0.15) is 4.31 Å². The Balaban J connectivity index is 2.29. The van der Waals surface area contributed by atoms with E-state index >= 15 is 0 Å². The molecule has 0 aliphatic heterocycles. The van der Waals surface area contributed by atoms with E-state index in [4.69, 9.17) is 5.11 Å². The van der Waals surface area contributed by atoms with Crippen molar-refractivity contribution in [2.24, 2.45) is 0 Å². The van der Waals surface area contributed by atoms with Crippen LogP contribution in [-0.4, -0.2) is 43.0 Å². The number of sulfonamides is 1. The number of benzene rings is 1. The molecule has 0 unspecified atom stereocenters. The van der Waals surface area contributed by atoms with Gasteiger partial charge < -0.3 is 5.11 Å². The summed E-state index contributed by atoms with van der Waals surface area (Å²) in [4.78, 5) is 4.16. The quantitative estimate of drug-likeness (QED) is 0.903. The minimum absolute atomic E-state index is 0.0778. The number of aliphatic hydroxyl groups excluding tert-OH is 1. The molecule has 5 nitrogen and oxygen atoms in total. The maximum Gasteiger partial charge on any atom is 0.242 e. The van der Waals surface area contributed by atoms with E-state index in [1.807, 2.05) is 12.1 Å². The van der Waals surface area contributed by atoms with Crippen LogP contribution in [0.3, 0.4) is 0 Å². The van der Waals surface area contributed by atoms with E-state index < -0.39 is 10.0 Å². The molecule has 0 spiro atoms. The van der Waals surface area contributed by atoms with Gasteiger partial charge in [-0.3, -0.25) is 4.98 Å². The van der Waals surface area contributed by atoms with Crippen molar-refractivity contribution >= 4 is 10.0 Å². The SMILES string of the molecule is CN(CCO)S(=O)(=O)c1ccc(-c2ccncc2)cc1. The van der Waals surface area contributed by atoms with Crippen molar-refractivity contribution < 1.29 is 13.5 Å². The first-order chi connectivity index (χ1) is 9.55. The van der Waals surface area contributed by atoms with Crippen LogP contribution < -0.4 is 0 Å². The third-order valence-electron chi connectivity index (χ3n) is 2.99. The summed E-state index contributed by atoms with van der Waals surface area (Å²) >= 11 is 0. The van der Waals surface area contributed by atoms with Gasteiger partial charge in [0.2, 0.25) is 10.0 Å². The summed E-state index contributed by atoms with van der Waals surface area (Å²) in [5, 5.41) is 8.83. The molecule has 0 amide bonds. The highest BCUT2D eigenvalue weighted by Gasteiger charge is 2.19. The largest absolute Gasteiger partial charge is 0.395 e. The second kappa shape index (κ2) is 6.13. The first kappa shape index (κ1) is 14.6. The highest BCUT2D eigenvalue weighted by atomic mass is 32.2. The van der Waals surface area contributed by atoms with Crippen LogP contribution >= 0.6 is 0 Å². The van der Waals surface area contributed by atoms with Gasteiger partial charge in [0.25, 0.3) is 0 Å². The highest BCUT2D eigenvalue weighted by molar-refractivity contribution is 7.89. The molecule has 0 saturated heterocycles. The first-order valence-corrected chi connectivity index (χ1v) is 7.57. The molecule has 106 valence electrons. The summed E-state index contributed by atoms with van der Waals surface area (Å²) in [6.45, 7) is -0.126. The fraction of sp³-hybridized carbons (Fsp3) is 0.214. The van der Waals surface area contributed by atoms with Gasteiger partial charge in [0, 0.05) is 26.0 Å². The highest BCUT2D eigenvalue weighted by Crippen LogP contribution is 2.21. The van der Waals surface area contributed by atoms with E-state index in [0.29, 0.717) is 0 Å². The number of nitrogens with zero attached hydrogens (tertiary/aromatic N) is 2. The van der Waals surface area contributed by atoms with Crippen molar-refractivity contribution in [1.29, 1.82) is 0 Å². The summed E-state index contributed by atoms with van der Waals surface area (Å²) in [6.07, 6.45) is 3.38. The monoisotopic (exact) mass is 292 g/mol. The smallest absolute Gasteiger partial charge is 0.242 e. The van der Waals surface area contributed by atoms with Crippen LogP contribution in [0.25, 0.3) is 11.1 Å². The Morgan fingerprint density at radius 3 is 2.15 bits per heavy atom. The Hall–Kier alpha value is -1.76. The van der Waals surface area contributed by atoms with E-state index in [1.165, 1.54) is 7.05 Å². The fourth-order valence-corrected chi connectivity index (χ4v) is 2.97. The zero-order valence-electron chi connectivity index (χ0n) is 11.1. The molecule has 1 N–H and O–H groups in total. The third kappa shape index (κ3) is 3.04. The lowest BCUT2D eigenvalue weighted by atomic mass is 10.1. The average Bonchev–Trinajstić information content (AvgIpc) is 2.48. The average molecular weight is 292 g/mol. The molecule has 0 radical (unpaired) electrons. The summed E-state index contributed by atoms with van der Waals surface area (Å²) in [5.74, 6) is 0. The lowest BCUT2D eigenvalue weighted by Gasteiger charge is -2.16. The summed E-state index contributed by atoms with van der Waals surface area (Å²) < 4.78 is 25.5. The number of rotatable bonds is 5. The zero-order valence-corrected chi connectivity index (χ0v) is 11.9. The Kier molecular flexibility index (Phi) is 4.49. The lowest BCUT2D eigenvalue weighted by Crippen LogP contribution is -2.29. The molecule has 2 rings (SSSR count). The van der Waals surface area contributed by atoms with E-state index in [0.717, 1.165) is 15.4 Å². The summed E-state index contributed by atoms with van der Waals surface area (Å²) in [7, 11) is -2.09. The summed E-state index contributed by atoms with van der Waals surface area (Å²) in [6, 6.07) is 10.4. The van der Waals surface area contributed by atoms with Crippen molar-refractivity contribution in [2.75, 3.05) is 20.2 Å². The van der Waals surface area contributed by atoms with E-state index in [9.17, 15) is 8.42 Å². The third-order valence-corrected chi connectivity index (χ3v) is 4.86. The van der Waals surface area contributed by atoms with Gasteiger partial charge in [-0.25, -0.2) is 8.42 Å². The van der Waals surface area contributed by atoms with Gasteiger partial charge in [0.05, 0.1) is 11.5 Å². The van der Waals surface area contributed by atoms with Crippen molar-refractivity contribution in [2.45, 2.75) is 4.90 Å². The molecule has 20 heavy (non-hydrogen) atoms. The van der Waals surface area contributed by atoms with Crippen molar-refractivity contribution in [1.82, 2.24) is 9.29 Å². The maximum atomic E-state index is 12.2. The van der Waals surface area contributed by atoms with Crippen molar-refractivity contribution in [3.8, 4) is 11.1 Å². The van der Waals surface area contributed by atoms with Crippen molar-refractivity contribution in [3.63, 3.8) is 0 Å². The molecular weight excluding hydrogens is 276 g/mol. The number of hydrogen-bond donors (Lipinski definition) is 1. The molecule has 2 aromatic rings. The molecule has 0 saturated carbocycles. The van der Waals surface area contributed by atoms with Gasteiger partial charge in [-0.1, -0.05) is 12.1 Å². The number of likely N-dealkylation sites (N-methyl/N-ethyl adjacent to an activating group) is 1. The van der Waals surface area contributed by atoms with Crippen LogP contribution in [0.2, 0.25) is 0 Å². The number of pyridine rings is 1. The second-order valence-corrected chi connectivity index (χ2v) is 6.36. The van der Waals surface area contributed by atoms with Crippen LogP contribution in [0.5, 0.6) is 0 Å². The minimum Gasteiger partial charge on any atom is -0.395 e. The minimum atomic E-state index is -3.54. The van der Waals surface area contributed by atoms with E-state index in [-0.39, 0.29) is 18.0 Å². The normalized spacial score (nSPS) is 11.8. The predicted molar refractivity (Wildman–Crippen MR) is 76.6 cm³/mol. The van der Waals surface area contributed by atoms with Crippen molar-refractivity contribution in [3.05, 3.63) is 48.8 Å². The molecule has 0 aliphatic rings. The molecular formula is C14H16N2O3S. The van der Waals surface area contributed by atoms with Gasteiger partial charge in [0.1, 0.15) is 0 Å². The zero-order chi connectivity index (χ0) is 14.6. The Labute approximate surface area is 118 Å². The topological polar surface area (TPSA) is 70.5 Å². The molecule has 0 bridgehead atoms. The second-order valence-electron chi connectivity index (χ2n) is 4.31. The van der Waals surface area contributed by atoms with Crippen LogP contribution in [0, 0.1) is 0 Å². The van der Waals surface area contributed by atoms with Gasteiger partial charge in [-0.15, -0.1) is 0 Å². The first-order valence-electron chi connectivity index (χ1n) is 6.13. The standard InChI is InChI=1S/C14H16N2O3S/c1-16(10-11-17)20(18,19)14-4-2-12(3-5-14)13-6-8-15-9-7-13/h2-9,17H,10-11H2,1H3. The van der Waals surface area contributed by atoms with E-state index in [1.54, 1.807) is 36.7 Å². The molecule has 1 aromatic heterocycles. The fourth-order valence-electron chi connectivity index (χ4n) is 1.80. The van der Waals surface area contributed by atoms with E-state index in [2.05, 4.69) is 4.98 Å². The molecule has 6 heteroatoms. The Morgan fingerprint density at radius 1 is 1.05 bits per heavy atom. The number of aromatic nitrogens is 1. The predicted octanol–water partition coefficient (Wildman–Crippen LogP) is 1.36. The Morgan fingerprint density at radius 2 is 1.60 bits per heavy atom. The molecule has 0 aliphatic carbocycles. The van der Waals surface area contributed by atoms with Crippen LogP contribution in [0.4, 0.5) is 0 Å².